The number of nitro groups is 1. The van der Waals surface area contributed by atoms with Gasteiger partial charge in [-0.1, -0.05) is 30.3 Å². The highest BCUT2D eigenvalue weighted by molar-refractivity contribution is 6.00. The maximum absolute atomic E-state index is 12.8. The largest absolute Gasteiger partial charge is 0.292 e. The van der Waals surface area contributed by atoms with E-state index in [0.717, 1.165) is 0 Å². The smallest absolute Gasteiger partial charge is 0.259 e. The molecule has 4 aliphatic heterocycles. The van der Waals surface area contributed by atoms with Crippen LogP contribution in [0.15, 0.2) is 30.3 Å². The molecule has 5 atom stereocenters. The highest BCUT2D eigenvalue weighted by Crippen LogP contribution is 2.32. The molecule has 7 nitrogen and oxygen atoms in total. The number of carbonyl (C=O) groups is 1. The van der Waals surface area contributed by atoms with Gasteiger partial charge in [0.05, 0.1) is 39.0 Å². The molecule has 4 bridgehead atoms. The minimum atomic E-state index is -0.956. The van der Waals surface area contributed by atoms with E-state index < -0.39 is 5.54 Å². The zero-order chi connectivity index (χ0) is 15.3. The van der Waals surface area contributed by atoms with Gasteiger partial charge in [-0.2, -0.15) is 0 Å². The first kappa shape index (κ1) is 13.8. The maximum atomic E-state index is 12.8. The van der Waals surface area contributed by atoms with E-state index in [4.69, 9.17) is 0 Å². The molecule has 4 saturated heterocycles. The summed E-state index contributed by atoms with van der Waals surface area (Å²) in [4.78, 5) is 30.4. The summed E-state index contributed by atoms with van der Waals surface area (Å²) in [5, 5.41) is 11.6. The summed E-state index contributed by atoms with van der Waals surface area (Å²) in [5.41, 5.74) is -0.276. The van der Waals surface area contributed by atoms with Crippen LogP contribution < -0.4 is 0 Å². The van der Waals surface area contributed by atoms with Crippen LogP contribution in [0.4, 0.5) is 0 Å². The molecule has 22 heavy (non-hydrogen) atoms. The van der Waals surface area contributed by atoms with Crippen molar-refractivity contribution < 1.29 is 9.72 Å². The minimum Gasteiger partial charge on any atom is -0.292 e. The van der Waals surface area contributed by atoms with Crippen molar-refractivity contribution in [3.8, 4) is 0 Å². The van der Waals surface area contributed by atoms with Crippen molar-refractivity contribution in [2.75, 3.05) is 39.5 Å². The molecular formula is C15H18N4O3. The second-order valence-electron chi connectivity index (χ2n) is 6.60. The Morgan fingerprint density at radius 2 is 1.86 bits per heavy atom. The topological polar surface area (TPSA) is 69.9 Å². The summed E-state index contributed by atoms with van der Waals surface area (Å²) in [6, 6.07) is 8.93. The van der Waals surface area contributed by atoms with Gasteiger partial charge in [0.25, 0.3) is 5.54 Å². The molecule has 7 heteroatoms. The van der Waals surface area contributed by atoms with Crippen LogP contribution in [-0.4, -0.2) is 76.5 Å². The summed E-state index contributed by atoms with van der Waals surface area (Å²) >= 11 is 0. The van der Waals surface area contributed by atoms with E-state index in [-0.39, 0.29) is 16.7 Å². The molecule has 4 fully saturated rings. The fourth-order valence-electron chi connectivity index (χ4n) is 4.05. The Balaban J connectivity index is 1.67. The van der Waals surface area contributed by atoms with Crippen molar-refractivity contribution in [3.63, 3.8) is 0 Å². The molecule has 0 spiro atoms. The number of rotatable bonds is 3. The summed E-state index contributed by atoms with van der Waals surface area (Å²) in [5.74, 6) is 0.0634. The molecule has 0 radical (unpaired) electrons. The second kappa shape index (κ2) is 4.84. The van der Waals surface area contributed by atoms with E-state index in [0.29, 0.717) is 45.1 Å². The van der Waals surface area contributed by atoms with Crippen LogP contribution in [0.5, 0.6) is 0 Å². The zero-order valence-corrected chi connectivity index (χ0v) is 12.2. The molecule has 0 amide bonds. The molecule has 4 aliphatic rings. The van der Waals surface area contributed by atoms with Crippen molar-refractivity contribution in [1.29, 1.82) is 0 Å². The van der Waals surface area contributed by atoms with Crippen LogP contribution in [0.25, 0.3) is 0 Å². The molecule has 5 rings (SSSR count). The SMILES string of the molecule is O=C(c1ccccc1)C1CN2CN3CN1CC([N+](=O)[O-])(C2)C3. The number of carbonyl (C=O) groups excluding carboxylic acids is 1. The lowest BCUT2D eigenvalue weighted by Crippen LogP contribution is -2.69. The van der Waals surface area contributed by atoms with Gasteiger partial charge in [0.2, 0.25) is 0 Å². The van der Waals surface area contributed by atoms with Gasteiger partial charge in [0.15, 0.2) is 5.78 Å². The standard InChI is InChI=1S/C15H18N4O3/c20-14(12-4-2-1-3-5-12)13-6-16-7-15(19(21)22)8-17(10-16)11-18(13)9-15/h1-5,13H,6-11H2. The lowest BCUT2D eigenvalue weighted by molar-refractivity contribution is -0.579. The van der Waals surface area contributed by atoms with Gasteiger partial charge in [-0.15, -0.1) is 0 Å². The third-order valence-electron chi connectivity index (χ3n) is 4.94. The monoisotopic (exact) mass is 302 g/mol. The van der Waals surface area contributed by atoms with Gasteiger partial charge >= 0.3 is 0 Å². The van der Waals surface area contributed by atoms with Gasteiger partial charge in [-0.05, 0) is 0 Å². The zero-order valence-electron chi connectivity index (χ0n) is 12.2. The summed E-state index contributed by atoms with van der Waals surface area (Å²) in [7, 11) is 0. The molecule has 5 unspecified atom stereocenters. The summed E-state index contributed by atoms with van der Waals surface area (Å²) in [6.45, 7) is 3.20. The molecule has 4 heterocycles. The van der Waals surface area contributed by atoms with E-state index in [9.17, 15) is 14.9 Å². The van der Waals surface area contributed by atoms with Gasteiger partial charge < -0.3 is 0 Å². The van der Waals surface area contributed by atoms with E-state index in [1.807, 2.05) is 35.2 Å². The third-order valence-corrected chi connectivity index (χ3v) is 4.94. The predicted molar refractivity (Wildman–Crippen MR) is 79.0 cm³/mol. The van der Waals surface area contributed by atoms with Crippen LogP contribution >= 0.6 is 0 Å². The number of Topliss-reactive ketones (excluding diaryl/α,β-unsaturated/α-hetero) is 1. The normalized spacial score (nSPS) is 39.5. The molecule has 0 aliphatic carbocycles. The molecule has 116 valence electrons. The minimum absolute atomic E-state index is 0.0634. The van der Waals surface area contributed by atoms with Crippen molar-refractivity contribution in [2.45, 2.75) is 11.6 Å². The lowest BCUT2D eigenvalue weighted by atomic mass is 9.94. The Bertz CT molecular complexity index is 622. The molecule has 0 saturated carbocycles. The number of nitrogens with zero attached hydrogens (tertiary/aromatic N) is 4. The number of fused-ring (bicyclic) bond motifs is 1. The van der Waals surface area contributed by atoms with Crippen LogP contribution in [-0.2, 0) is 0 Å². The first-order chi connectivity index (χ1) is 10.6. The highest BCUT2D eigenvalue weighted by Gasteiger charge is 2.57. The van der Waals surface area contributed by atoms with Crippen molar-refractivity contribution in [3.05, 3.63) is 46.0 Å². The molecule has 0 N–H and O–H groups in total. The van der Waals surface area contributed by atoms with Crippen LogP contribution in [0.2, 0.25) is 0 Å². The highest BCUT2D eigenvalue weighted by atomic mass is 16.6. The first-order valence-corrected chi connectivity index (χ1v) is 7.50. The van der Waals surface area contributed by atoms with Gasteiger partial charge in [0.1, 0.15) is 0 Å². The first-order valence-electron chi connectivity index (χ1n) is 7.50. The fourth-order valence-corrected chi connectivity index (χ4v) is 4.05. The molecule has 1 aromatic rings. The summed E-state index contributed by atoms with van der Waals surface area (Å²) < 4.78 is 0. The van der Waals surface area contributed by atoms with Gasteiger partial charge in [0, 0.05) is 17.0 Å². The average molecular weight is 302 g/mol. The Labute approximate surface area is 128 Å². The van der Waals surface area contributed by atoms with E-state index >= 15 is 0 Å². The number of hydrogen-bond donors (Lipinski definition) is 0. The quantitative estimate of drug-likeness (QED) is 0.448. The maximum Gasteiger partial charge on any atom is 0.259 e. The predicted octanol–water partition coefficient (Wildman–Crippen LogP) is 0.115. The Morgan fingerprint density at radius 1 is 1.14 bits per heavy atom. The van der Waals surface area contributed by atoms with E-state index in [1.165, 1.54) is 0 Å². The van der Waals surface area contributed by atoms with Gasteiger partial charge in [-0.3, -0.25) is 29.6 Å². The molecular weight excluding hydrogens is 284 g/mol. The second-order valence-corrected chi connectivity index (χ2v) is 6.60. The Morgan fingerprint density at radius 3 is 2.59 bits per heavy atom. The van der Waals surface area contributed by atoms with Crippen LogP contribution in [0.1, 0.15) is 10.4 Å². The van der Waals surface area contributed by atoms with Gasteiger partial charge in [-0.25, -0.2) is 0 Å². The van der Waals surface area contributed by atoms with E-state index in [1.54, 1.807) is 0 Å². The number of ketones is 1. The number of hydrogen-bond acceptors (Lipinski definition) is 6. The Kier molecular flexibility index (Phi) is 3.04. The third kappa shape index (κ3) is 2.05. The average Bonchev–Trinajstić information content (AvgIpc) is 2.70. The van der Waals surface area contributed by atoms with Crippen molar-refractivity contribution >= 4 is 5.78 Å². The molecule has 1 aromatic carbocycles. The lowest BCUT2D eigenvalue weighted by Gasteiger charge is -2.46. The van der Waals surface area contributed by atoms with Crippen molar-refractivity contribution in [1.82, 2.24) is 14.7 Å². The Hall–Kier alpha value is -1.83. The van der Waals surface area contributed by atoms with Crippen LogP contribution in [0, 0.1) is 10.1 Å². The molecule has 0 aromatic heterocycles. The van der Waals surface area contributed by atoms with Crippen molar-refractivity contribution in [2.24, 2.45) is 0 Å². The van der Waals surface area contributed by atoms with E-state index in [2.05, 4.69) is 9.80 Å². The van der Waals surface area contributed by atoms with Crippen LogP contribution in [0.3, 0.4) is 0 Å². The summed E-state index contributed by atoms with van der Waals surface area (Å²) in [6.07, 6.45) is 0. The number of benzene rings is 1. The fraction of sp³-hybridized carbons (Fsp3) is 0.533.